The Bertz CT molecular complexity index is 407. The van der Waals surface area contributed by atoms with Crippen molar-refractivity contribution in [1.29, 1.82) is 0 Å². The molecule has 1 heterocycles. The molecule has 15 heavy (non-hydrogen) atoms. The second kappa shape index (κ2) is 3.98. The number of nitrogens with one attached hydrogen (secondary N) is 1. The summed E-state index contributed by atoms with van der Waals surface area (Å²) in [6.07, 6.45) is 0.779. The van der Waals surface area contributed by atoms with E-state index in [9.17, 15) is 17.3 Å². The molecule has 7 nitrogen and oxygen atoms in total. The van der Waals surface area contributed by atoms with E-state index in [0.29, 0.717) is 0 Å². The van der Waals surface area contributed by atoms with Crippen LogP contribution in [0.3, 0.4) is 0 Å². The normalized spacial score (nSPS) is 16.7. The van der Waals surface area contributed by atoms with Gasteiger partial charge in [-0.1, -0.05) is 9.58 Å². The molecule has 0 fully saturated rings. The summed E-state index contributed by atoms with van der Waals surface area (Å²) in [7, 11) is -3.04. The zero-order valence-electron chi connectivity index (χ0n) is 7.55. The summed E-state index contributed by atoms with van der Waals surface area (Å²) in [5.41, 5.74) is 1.92. The van der Waals surface area contributed by atoms with Crippen molar-refractivity contribution in [3.8, 4) is 0 Å². The predicted octanol–water partition coefficient (Wildman–Crippen LogP) is -0.407. The summed E-state index contributed by atoms with van der Waals surface area (Å²) in [4.78, 5) is 0.899. The van der Waals surface area contributed by atoms with Crippen molar-refractivity contribution in [3.63, 3.8) is 0 Å². The van der Waals surface area contributed by atoms with E-state index >= 15 is 0 Å². The number of hydrazone groups is 1. The molecule has 0 aliphatic carbocycles. The number of hydrogen-bond acceptors (Lipinski definition) is 6. The number of rotatable bonds is 3. The lowest BCUT2D eigenvalue weighted by molar-refractivity contribution is -0.0293. The quantitative estimate of drug-likeness (QED) is 0.517. The van der Waals surface area contributed by atoms with Crippen LogP contribution >= 0.6 is 0 Å². The molecule has 86 valence electrons. The Morgan fingerprint density at radius 1 is 1.73 bits per heavy atom. The van der Waals surface area contributed by atoms with Gasteiger partial charge in [-0.2, -0.15) is 12.8 Å². The summed E-state index contributed by atoms with van der Waals surface area (Å²) in [5, 5.41) is 2.29. The molecule has 1 rings (SSSR count). The van der Waals surface area contributed by atoms with Gasteiger partial charge in [-0.15, -0.1) is 0 Å². The molecule has 0 radical (unpaired) electrons. The Morgan fingerprint density at radius 3 is 2.80 bits per heavy atom. The maximum absolute atomic E-state index is 12.6. The highest BCUT2D eigenvalue weighted by atomic mass is 32.2. The van der Waals surface area contributed by atoms with Gasteiger partial charge in [0.05, 0.1) is 0 Å². The second-order valence-electron chi connectivity index (χ2n) is 2.73. The van der Waals surface area contributed by atoms with Gasteiger partial charge in [-0.3, -0.25) is 4.55 Å². The average Bonchev–Trinajstić information content (AvgIpc) is 1.98. The number of hydrogen-bond donors (Lipinski definition) is 2. The van der Waals surface area contributed by atoms with Gasteiger partial charge in [-0.25, -0.2) is 5.43 Å². The van der Waals surface area contributed by atoms with Gasteiger partial charge in [0.1, 0.15) is 11.7 Å². The van der Waals surface area contributed by atoms with Crippen LogP contribution in [0, 0.1) is 0 Å². The minimum atomic E-state index is -4.27. The van der Waals surface area contributed by atoms with Gasteiger partial charge in [0, 0.05) is 13.1 Å². The monoisotopic (exact) mass is 242 g/mol. The fourth-order valence-electron chi connectivity index (χ4n) is 0.887. The van der Waals surface area contributed by atoms with Crippen LogP contribution in [0.1, 0.15) is 0 Å². The Kier molecular flexibility index (Phi) is 3.09. The third-order valence-electron chi connectivity index (χ3n) is 1.41. The Hall–Kier alpha value is -1.42. The molecule has 0 saturated carbocycles. The number of nitrogens with zero attached hydrogens (tertiary/aromatic N) is 3. The van der Waals surface area contributed by atoms with E-state index < -0.39 is 27.3 Å². The first-order valence-electron chi connectivity index (χ1n) is 3.62. The van der Waals surface area contributed by atoms with Gasteiger partial charge in [0.25, 0.3) is 10.1 Å². The van der Waals surface area contributed by atoms with E-state index in [1.807, 2.05) is 5.43 Å². The fourth-order valence-corrected chi connectivity index (χ4v) is 1.52. The van der Waals surface area contributed by atoms with E-state index in [4.69, 9.17) is 4.55 Å². The maximum Gasteiger partial charge on any atom is 0.283 e. The molecule has 1 aliphatic heterocycles. The van der Waals surface area contributed by atoms with Crippen LogP contribution in [0.4, 0.5) is 8.87 Å². The van der Waals surface area contributed by atoms with Crippen molar-refractivity contribution >= 4 is 16.1 Å². The Morgan fingerprint density at radius 2 is 2.33 bits per heavy atom. The Balaban J connectivity index is 2.77. The third kappa shape index (κ3) is 3.67. The lowest BCUT2D eigenvalue weighted by Gasteiger charge is -2.25. The molecule has 0 spiro atoms. The smallest absolute Gasteiger partial charge is 0.283 e. The molecular formula is C5H8F2N4O3S. The molecule has 0 aromatic heterocycles. The van der Waals surface area contributed by atoms with E-state index in [1.54, 1.807) is 0 Å². The molecule has 0 atom stereocenters. The highest BCUT2D eigenvalue weighted by molar-refractivity contribution is 7.85. The summed E-state index contributed by atoms with van der Waals surface area (Å²) < 4.78 is 54.5. The summed E-state index contributed by atoms with van der Waals surface area (Å²) in [5.74, 6) is -2.12. The molecule has 0 aromatic rings. The van der Waals surface area contributed by atoms with Crippen LogP contribution in [0.25, 0.3) is 0 Å². The molecule has 1 aliphatic rings. The molecule has 0 aromatic carbocycles. The molecule has 10 heteroatoms. The predicted molar refractivity (Wildman–Crippen MR) is 46.9 cm³/mol. The minimum Gasteiger partial charge on any atom is -0.344 e. The van der Waals surface area contributed by atoms with Crippen molar-refractivity contribution in [2.75, 3.05) is 12.9 Å². The van der Waals surface area contributed by atoms with E-state index in [2.05, 4.69) is 5.10 Å². The highest BCUT2D eigenvalue weighted by Crippen LogP contribution is 2.08. The van der Waals surface area contributed by atoms with Crippen LogP contribution in [0.15, 0.2) is 17.0 Å². The largest absolute Gasteiger partial charge is 0.344 e. The first-order valence-corrected chi connectivity index (χ1v) is 5.23. The lowest BCUT2D eigenvalue weighted by Crippen LogP contribution is -2.39. The minimum absolute atomic E-state index is 0.192. The van der Waals surface area contributed by atoms with E-state index in [1.165, 1.54) is 7.05 Å². The Labute approximate surface area is 84.3 Å². The van der Waals surface area contributed by atoms with Crippen LogP contribution in [-0.4, -0.2) is 42.1 Å². The van der Waals surface area contributed by atoms with Gasteiger partial charge in [0.15, 0.2) is 0 Å². The van der Waals surface area contributed by atoms with Gasteiger partial charge in [0.2, 0.25) is 5.97 Å². The van der Waals surface area contributed by atoms with Crippen molar-refractivity contribution in [1.82, 2.24) is 15.7 Å². The van der Waals surface area contributed by atoms with Crippen molar-refractivity contribution in [3.05, 3.63) is 11.9 Å². The standard InChI is InChI=1S/C5H8F2N4O3S/c1-10(3-15(12,13)14)5-2-4(6)8-11(7)9-5/h2,9H,3H2,1H3,(H,12,13,14). The van der Waals surface area contributed by atoms with Crippen LogP contribution < -0.4 is 5.43 Å². The van der Waals surface area contributed by atoms with Crippen LogP contribution in [0.5, 0.6) is 0 Å². The summed E-state index contributed by atoms with van der Waals surface area (Å²) >= 11 is 0. The molecular weight excluding hydrogens is 234 g/mol. The van der Waals surface area contributed by atoms with Crippen molar-refractivity contribution in [2.24, 2.45) is 5.10 Å². The number of halogens is 2. The summed E-state index contributed by atoms with van der Waals surface area (Å²) in [6.45, 7) is 0. The zero-order chi connectivity index (χ0) is 11.6. The van der Waals surface area contributed by atoms with E-state index in [0.717, 1.165) is 11.0 Å². The fraction of sp³-hybridized carbons (Fsp3) is 0.400. The van der Waals surface area contributed by atoms with Gasteiger partial charge >= 0.3 is 0 Å². The van der Waals surface area contributed by atoms with Crippen molar-refractivity contribution < 1.29 is 21.8 Å². The summed E-state index contributed by atoms with van der Waals surface area (Å²) in [6, 6.07) is 0. The molecule has 0 bridgehead atoms. The topological polar surface area (TPSA) is 85.2 Å². The van der Waals surface area contributed by atoms with Crippen LogP contribution in [0.2, 0.25) is 0 Å². The van der Waals surface area contributed by atoms with Gasteiger partial charge in [-0.05, 0) is 5.34 Å². The first kappa shape index (κ1) is 11.7. The average molecular weight is 242 g/mol. The molecule has 0 amide bonds. The van der Waals surface area contributed by atoms with Gasteiger partial charge < -0.3 is 4.90 Å². The lowest BCUT2D eigenvalue weighted by atomic mass is 10.5. The van der Waals surface area contributed by atoms with Crippen LogP contribution in [-0.2, 0) is 10.1 Å². The molecule has 0 saturated heterocycles. The maximum atomic E-state index is 12.6. The van der Waals surface area contributed by atoms with Crippen molar-refractivity contribution in [2.45, 2.75) is 0 Å². The first-order chi connectivity index (χ1) is 6.78. The van der Waals surface area contributed by atoms with E-state index in [-0.39, 0.29) is 5.82 Å². The highest BCUT2D eigenvalue weighted by Gasteiger charge is 2.18. The molecule has 0 unspecified atom stereocenters. The SMILES string of the molecule is CN(CS(=O)(=O)O)C1=CC(F)=NN(F)N1. The second-order valence-corrected chi connectivity index (χ2v) is 4.16. The number of allylic oxidation sites excluding steroid dienone is 1. The zero-order valence-corrected chi connectivity index (χ0v) is 8.37. The third-order valence-corrected chi connectivity index (χ3v) is 2.13. The number of hydrazine groups is 1. The molecule has 2 N–H and O–H groups in total.